The monoisotopic (exact) mass is 430 g/mol. The third-order valence-corrected chi connectivity index (χ3v) is 6.65. The number of anilines is 1. The number of aryl methyl sites for hydroxylation is 1. The molecule has 6 heteroatoms. The standard InChI is InChI=1S/C26H27FN4O/c27-21-8-3-7-20(17-21)23-11-12-25(30-29-23)31-15-13-19(14-16-31)26(32)28-24-10-4-6-18-5-1-2-9-22(18)24/h1-3,5,7-9,11-12,17,19,24H,4,6,10,13-16H2,(H,28,32)/t24-/m1/s1. The molecule has 1 aliphatic carbocycles. The van der Waals surface area contributed by atoms with Crippen molar-refractivity contribution in [2.24, 2.45) is 5.92 Å². The number of hydrogen-bond acceptors (Lipinski definition) is 4. The minimum Gasteiger partial charge on any atom is -0.355 e. The molecule has 1 N–H and O–H groups in total. The zero-order valence-corrected chi connectivity index (χ0v) is 18.0. The number of fused-ring (bicyclic) bond motifs is 1. The van der Waals surface area contributed by atoms with E-state index in [9.17, 15) is 9.18 Å². The lowest BCUT2D eigenvalue weighted by Gasteiger charge is -2.33. The lowest BCUT2D eigenvalue weighted by Crippen LogP contribution is -2.42. The Kier molecular flexibility index (Phi) is 5.84. The van der Waals surface area contributed by atoms with E-state index in [1.165, 1.54) is 23.3 Å². The summed E-state index contributed by atoms with van der Waals surface area (Å²) < 4.78 is 13.5. The van der Waals surface area contributed by atoms with E-state index in [2.05, 4.69) is 44.7 Å². The van der Waals surface area contributed by atoms with Gasteiger partial charge in [-0.15, -0.1) is 10.2 Å². The molecular weight excluding hydrogens is 403 g/mol. The second-order valence-corrected chi connectivity index (χ2v) is 8.70. The summed E-state index contributed by atoms with van der Waals surface area (Å²) in [5.74, 6) is 0.703. The molecular formula is C26H27FN4O. The second-order valence-electron chi connectivity index (χ2n) is 8.70. The molecule has 32 heavy (non-hydrogen) atoms. The Morgan fingerprint density at radius 1 is 0.969 bits per heavy atom. The summed E-state index contributed by atoms with van der Waals surface area (Å²) in [6.45, 7) is 1.54. The quantitative estimate of drug-likeness (QED) is 0.652. The van der Waals surface area contributed by atoms with E-state index in [1.54, 1.807) is 6.07 Å². The predicted octanol–water partition coefficient (Wildman–Crippen LogP) is 4.69. The zero-order valence-electron chi connectivity index (χ0n) is 18.0. The molecule has 1 aromatic heterocycles. The Balaban J connectivity index is 1.18. The average Bonchev–Trinajstić information content (AvgIpc) is 2.84. The van der Waals surface area contributed by atoms with Crippen LogP contribution < -0.4 is 10.2 Å². The molecule has 1 aliphatic heterocycles. The van der Waals surface area contributed by atoms with Crippen LogP contribution in [0.2, 0.25) is 0 Å². The number of halogens is 1. The van der Waals surface area contributed by atoms with Crippen LogP contribution >= 0.6 is 0 Å². The number of piperidine rings is 1. The first kappa shape index (κ1) is 20.6. The van der Waals surface area contributed by atoms with Crippen LogP contribution in [0.15, 0.2) is 60.7 Å². The van der Waals surface area contributed by atoms with Crippen LogP contribution in [0.3, 0.4) is 0 Å². The van der Waals surface area contributed by atoms with Crippen molar-refractivity contribution in [3.63, 3.8) is 0 Å². The number of nitrogens with zero attached hydrogens (tertiary/aromatic N) is 3. The first-order valence-electron chi connectivity index (χ1n) is 11.4. The number of nitrogens with one attached hydrogen (secondary N) is 1. The molecule has 0 spiro atoms. The normalized spacial score (nSPS) is 18.8. The highest BCUT2D eigenvalue weighted by atomic mass is 19.1. The van der Waals surface area contributed by atoms with Crippen molar-refractivity contribution in [2.75, 3.05) is 18.0 Å². The number of hydrogen-bond donors (Lipinski definition) is 1. The maximum absolute atomic E-state index is 13.5. The Labute approximate surface area is 187 Å². The van der Waals surface area contributed by atoms with Gasteiger partial charge in [0, 0.05) is 24.6 Å². The van der Waals surface area contributed by atoms with Gasteiger partial charge in [0.05, 0.1) is 11.7 Å². The van der Waals surface area contributed by atoms with E-state index in [0.29, 0.717) is 11.3 Å². The van der Waals surface area contributed by atoms with Gasteiger partial charge in [0.1, 0.15) is 5.82 Å². The number of amides is 1. The Morgan fingerprint density at radius 3 is 2.59 bits per heavy atom. The number of benzene rings is 2. The van der Waals surface area contributed by atoms with Crippen molar-refractivity contribution >= 4 is 11.7 Å². The molecule has 3 aromatic rings. The Morgan fingerprint density at radius 2 is 1.81 bits per heavy atom. The highest BCUT2D eigenvalue weighted by Crippen LogP contribution is 2.31. The van der Waals surface area contributed by atoms with Gasteiger partial charge in [-0.25, -0.2) is 4.39 Å². The van der Waals surface area contributed by atoms with E-state index in [0.717, 1.165) is 51.0 Å². The van der Waals surface area contributed by atoms with E-state index in [4.69, 9.17) is 0 Å². The topological polar surface area (TPSA) is 58.1 Å². The lowest BCUT2D eigenvalue weighted by molar-refractivity contribution is -0.126. The highest BCUT2D eigenvalue weighted by molar-refractivity contribution is 5.79. The molecule has 5 nitrogen and oxygen atoms in total. The number of carbonyl (C=O) groups excluding carboxylic acids is 1. The summed E-state index contributed by atoms with van der Waals surface area (Å²) >= 11 is 0. The lowest BCUT2D eigenvalue weighted by atomic mass is 9.87. The van der Waals surface area contributed by atoms with Gasteiger partial charge in [0.25, 0.3) is 0 Å². The molecule has 2 heterocycles. The van der Waals surface area contributed by atoms with Gasteiger partial charge in [-0.1, -0.05) is 36.4 Å². The maximum Gasteiger partial charge on any atom is 0.223 e. The molecule has 1 amide bonds. The van der Waals surface area contributed by atoms with Crippen molar-refractivity contribution in [3.05, 3.63) is 77.6 Å². The molecule has 2 aliphatic rings. The van der Waals surface area contributed by atoms with Gasteiger partial charge in [0.2, 0.25) is 5.91 Å². The number of aromatic nitrogens is 2. The maximum atomic E-state index is 13.5. The van der Waals surface area contributed by atoms with E-state index >= 15 is 0 Å². The minimum absolute atomic E-state index is 0.0277. The Bertz CT molecular complexity index is 1090. The summed E-state index contributed by atoms with van der Waals surface area (Å²) in [7, 11) is 0. The minimum atomic E-state index is -0.287. The molecule has 0 bridgehead atoms. The van der Waals surface area contributed by atoms with E-state index in [1.807, 2.05) is 18.2 Å². The number of carbonyl (C=O) groups is 1. The second kappa shape index (κ2) is 9.07. The summed E-state index contributed by atoms with van der Waals surface area (Å²) in [5.41, 5.74) is 4.00. The smallest absolute Gasteiger partial charge is 0.223 e. The zero-order chi connectivity index (χ0) is 21.9. The summed E-state index contributed by atoms with van der Waals surface area (Å²) in [5, 5.41) is 11.9. The van der Waals surface area contributed by atoms with Crippen LogP contribution in [0, 0.1) is 11.7 Å². The van der Waals surface area contributed by atoms with Gasteiger partial charge < -0.3 is 10.2 Å². The molecule has 1 fully saturated rings. The van der Waals surface area contributed by atoms with Crippen LogP contribution in [0.1, 0.15) is 42.9 Å². The van der Waals surface area contributed by atoms with Crippen molar-refractivity contribution in [1.29, 1.82) is 0 Å². The van der Waals surface area contributed by atoms with Gasteiger partial charge in [-0.2, -0.15) is 0 Å². The first-order valence-corrected chi connectivity index (χ1v) is 11.4. The van der Waals surface area contributed by atoms with Gasteiger partial charge in [-0.3, -0.25) is 4.79 Å². The third kappa shape index (κ3) is 4.35. The van der Waals surface area contributed by atoms with E-state index < -0.39 is 0 Å². The van der Waals surface area contributed by atoms with Crippen molar-refractivity contribution in [2.45, 2.75) is 38.1 Å². The largest absolute Gasteiger partial charge is 0.355 e. The summed E-state index contributed by atoms with van der Waals surface area (Å²) in [6, 6.07) is 18.7. The number of rotatable bonds is 4. The van der Waals surface area contributed by atoms with Crippen LogP contribution in [-0.2, 0) is 11.2 Å². The fourth-order valence-corrected chi connectivity index (χ4v) is 4.86. The SMILES string of the molecule is O=C(N[C@@H]1CCCc2ccccc21)C1CCN(c2ccc(-c3cccc(F)c3)nn2)CC1. The molecule has 5 rings (SSSR count). The van der Waals surface area contributed by atoms with Crippen molar-refractivity contribution in [3.8, 4) is 11.3 Å². The van der Waals surface area contributed by atoms with E-state index in [-0.39, 0.29) is 23.7 Å². The molecule has 2 aromatic carbocycles. The first-order chi connectivity index (χ1) is 15.7. The molecule has 164 valence electrons. The van der Waals surface area contributed by atoms with Gasteiger partial charge >= 0.3 is 0 Å². The van der Waals surface area contributed by atoms with Crippen LogP contribution in [0.5, 0.6) is 0 Å². The molecule has 0 radical (unpaired) electrons. The van der Waals surface area contributed by atoms with Crippen molar-refractivity contribution in [1.82, 2.24) is 15.5 Å². The highest BCUT2D eigenvalue weighted by Gasteiger charge is 2.29. The summed E-state index contributed by atoms with van der Waals surface area (Å²) in [4.78, 5) is 15.1. The predicted molar refractivity (Wildman–Crippen MR) is 123 cm³/mol. The van der Waals surface area contributed by atoms with Crippen LogP contribution in [0.4, 0.5) is 10.2 Å². The van der Waals surface area contributed by atoms with Gasteiger partial charge in [-0.05, 0) is 67.5 Å². The summed E-state index contributed by atoms with van der Waals surface area (Å²) in [6.07, 6.45) is 4.82. The van der Waals surface area contributed by atoms with Gasteiger partial charge in [0.15, 0.2) is 5.82 Å². The average molecular weight is 431 g/mol. The Hall–Kier alpha value is -3.28. The molecule has 0 unspecified atom stereocenters. The fraction of sp³-hybridized carbons (Fsp3) is 0.346. The molecule has 1 atom stereocenters. The molecule has 0 saturated carbocycles. The fourth-order valence-electron chi connectivity index (χ4n) is 4.86. The third-order valence-electron chi connectivity index (χ3n) is 6.65. The van der Waals surface area contributed by atoms with Crippen LogP contribution in [-0.4, -0.2) is 29.2 Å². The van der Waals surface area contributed by atoms with Crippen molar-refractivity contribution < 1.29 is 9.18 Å². The van der Waals surface area contributed by atoms with Crippen LogP contribution in [0.25, 0.3) is 11.3 Å². The molecule has 1 saturated heterocycles.